The summed E-state index contributed by atoms with van der Waals surface area (Å²) in [6.45, 7) is 17.6. The minimum Gasteiger partial charge on any atom is -0.488 e. The van der Waals surface area contributed by atoms with Crippen LogP contribution in [0.1, 0.15) is 40.2 Å². The highest BCUT2D eigenvalue weighted by molar-refractivity contribution is 7.32. The molecular formula is C36H57BN4O6PSi+. The third kappa shape index (κ3) is 8.11. The van der Waals surface area contributed by atoms with E-state index in [4.69, 9.17) is 18.4 Å². The van der Waals surface area contributed by atoms with Crippen LogP contribution >= 0.6 is 8.96 Å². The van der Waals surface area contributed by atoms with E-state index in [0.717, 1.165) is 85.3 Å². The van der Waals surface area contributed by atoms with Gasteiger partial charge in [0.2, 0.25) is 5.91 Å². The summed E-state index contributed by atoms with van der Waals surface area (Å²) in [5, 5.41) is 2.21. The minimum absolute atomic E-state index is 0.0607. The van der Waals surface area contributed by atoms with E-state index >= 15 is 0 Å². The number of morpholine rings is 1. The van der Waals surface area contributed by atoms with Crippen molar-refractivity contribution in [2.45, 2.75) is 71.4 Å². The Morgan fingerprint density at radius 1 is 1.10 bits per heavy atom. The van der Waals surface area contributed by atoms with Crippen LogP contribution in [0.25, 0.3) is 10.8 Å². The SMILES string of the molecule is BNPOC(=O)C1=C(COc2cccc3c(C[N+](C)(C)CCN4CCOCC4)cccc23)[C@H](C)[C@@H]2[C@@H]([C@@H](C)O[Si](CC)(CC)CC)C(=O)N12. The topological polar surface area (TPSA) is 89.6 Å². The molecule has 13 heteroatoms. The molecule has 5 atom stereocenters. The predicted molar refractivity (Wildman–Crippen MR) is 202 cm³/mol. The third-order valence-electron chi connectivity index (χ3n) is 11.2. The maximum absolute atomic E-state index is 13.8. The van der Waals surface area contributed by atoms with Gasteiger partial charge < -0.3 is 32.8 Å². The maximum atomic E-state index is 13.8. The second kappa shape index (κ2) is 16.4. The first-order valence-corrected chi connectivity index (χ1v) is 21.6. The average Bonchev–Trinajstić information content (AvgIpc) is 3.35. The number of amides is 1. The number of likely N-dealkylation sites (N-methyl/N-ethyl adjacent to an activating group) is 1. The van der Waals surface area contributed by atoms with Crippen molar-refractivity contribution >= 4 is 47.9 Å². The van der Waals surface area contributed by atoms with Gasteiger partial charge in [0.05, 0.1) is 51.9 Å². The molecule has 3 aliphatic rings. The normalized spacial score (nSPS) is 22.6. The second-order valence-electron chi connectivity index (χ2n) is 14.5. The van der Waals surface area contributed by atoms with Crippen molar-refractivity contribution in [3.63, 3.8) is 0 Å². The highest BCUT2D eigenvalue weighted by Gasteiger charge is 2.61. The molecule has 10 nitrogen and oxygen atoms in total. The fraction of sp³-hybridized carbons (Fsp3) is 0.611. The van der Waals surface area contributed by atoms with Crippen LogP contribution in [0, 0.1) is 11.8 Å². The van der Waals surface area contributed by atoms with Crippen molar-refractivity contribution < 1.29 is 32.5 Å². The van der Waals surface area contributed by atoms with Gasteiger partial charge in [0, 0.05) is 42.1 Å². The fourth-order valence-corrected chi connectivity index (χ4v) is 11.2. The van der Waals surface area contributed by atoms with Gasteiger partial charge in [-0.2, -0.15) is 0 Å². The number of β-lactam (4-membered cyclic amide) rings is 1. The van der Waals surface area contributed by atoms with E-state index in [9.17, 15) is 9.59 Å². The van der Waals surface area contributed by atoms with E-state index in [-0.39, 0.29) is 45.5 Å². The number of fused-ring (bicyclic) bond motifs is 2. The number of hydrogen-bond donors (Lipinski definition) is 1. The van der Waals surface area contributed by atoms with E-state index in [1.807, 2.05) is 19.1 Å². The Morgan fingerprint density at radius 3 is 2.45 bits per heavy atom. The Kier molecular flexibility index (Phi) is 12.7. The van der Waals surface area contributed by atoms with Crippen LogP contribution in [0.4, 0.5) is 0 Å². The van der Waals surface area contributed by atoms with Crippen LogP contribution in [-0.2, 0) is 29.8 Å². The summed E-state index contributed by atoms with van der Waals surface area (Å²) in [4.78, 5) is 34.4. The van der Waals surface area contributed by atoms with Gasteiger partial charge in [-0.3, -0.25) is 9.69 Å². The number of hydrogen-bond acceptors (Lipinski definition) is 8. The van der Waals surface area contributed by atoms with E-state index in [1.54, 1.807) is 12.9 Å². The first-order valence-electron chi connectivity index (χ1n) is 18.1. The van der Waals surface area contributed by atoms with Crippen LogP contribution in [-0.4, -0.2) is 115 Å². The number of nitrogens with zero attached hydrogens (tertiary/aromatic N) is 3. The molecule has 0 aromatic heterocycles. The lowest BCUT2D eigenvalue weighted by molar-refractivity contribution is -0.903. The zero-order valence-electron chi connectivity index (χ0n) is 30.8. The van der Waals surface area contributed by atoms with Crippen LogP contribution < -0.4 is 9.74 Å². The van der Waals surface area contributed by atoms with Gasteiger partial charge in [-0.15, -0.1) is 0 Å². The van der Waals surface area contributed by atoms with Gasteiger partial charge >= 0.3 is 5.97 Å². The summed E-state index contributed by atoms with van der Waals surface area (Å²) in [7, 11) is 4.19. The molecule has 0 aliphatic carbocycles. The highest BCUT2D eigenvalue weighted by Crippen LogP contribution is 2.49. The number of carbonyl (C=O) groups excluding carboxylic acids is 2. The summed E-state index contributed by atoms with van der Waals surface area (Å²) < 4.78 is 25.3. The zero-order chi connectivity index (χ0) is 35.3. The van der Waals surface area contributed by atoms with Gasteiger partial charge in [-0.05, 0) is 36.5 Å². The van der Waals surface area contributed by atoms with E-state index in [1.165, 1.54) is 10.9 Å². The van der Waals surface area contributed by atoms with Crippen molar-refractivity contribution in [3.05, 3.63) is 53.2 Å². The molecule has 3 aliphatic heterocycles. The van der Waals surface area contributed by atoms with Gasteiger partial charge in [-0.1, -0.05) is 58.0 Å². The number of ether oxygens (including phenoxy) is 2. The monoisotopic (exact) mass is 711 g/mol. The Hall–Kier alpha value is -2.31. The number of carbonyl (C=O) groups is 2. The predicted octanol–water partition coefficient (Wildman–Crippen LogP) is 4.46. The molecule has 1 N–H and O–H groups in total. The van der Waals surface area contributed by atoms with Gasteiger partial charge in [0.25, 0.3) is 0 Å². The molecule has 0 radical (unpaired) electrons. The molecule has 2 saturated heterocycles. The molecule has 0 bridgehead atoms. The molecule has 49 heavy (non-hydrogen) atoms. The van der Waals surface area contributed by atoms with Crippen LogP contribution in [0.2, 0.25) is 18.1 Å². The summed E-state index contributed by atoms with van der Waals surface area (Å²) in [5.41, 5.74) is 2.41. The summed E-state index contributed by atoms with van der Waals surface area (Å²) >= 11 is 0. The quantitative estimate of drug-likeness (QED) is 0.112. The number of quaternary nitrogens is 1. The summed E-state index contributed by atoms with van der Waals surface area (Å²) in [6, 6.07) is 15.5. The Balaban J connectivity index is 1.36. The van der Waals surface area contributed by atoms with Crippen LogP contribution in [0.15, 0.2) is 47.7 Å². The van der Waals surface area contributed by atoms with E-state index < -0.39 is 14.3 Å². The van der Waals surface area contributed by atoms with Gasteiger partial charge in [-0.25, -0.2) is 4.79 Å². The molecule has 1 amide bonds. The molecule has 268 valence electrons. The zero-order valence-corrected chi connectivity index (χ0v) is 32.8. The van der Waals surface area contributed by atoms with Crippen molar-refractivity contribution in [2.24, 2.45) is 11.8 Å². The number of rotatable bonds is 17. The minimum atomic E-state index is -1.93. The van der Waals surface area contributed by atoms with Crippen molar-refractivity contribution in [2.75, 3.05) is 60.1 Å². The van der Waals surface area contributed by atoms with Gasteiger partial charge in [0.1, 0.15) is 33.6 Å². The lowest BCUT2D eigenvalue weighted by Crippen LogP contribution is -2.65. The molecule has 2 fully saturated rings. The van der Waals surface area contributed by atoms with Crippen molar-refractivity contribution in [1.29, 1.82) is 0 Å². The van der Waals surface area contributed by atoms with E-state index in [0.29, 0.717) is 5.70 Å². The standard InChI is InChI=1S/C36H57BN4O6PSi/c1-8-49(9-2,10-3)47-26(5)32-33-25(4)30(34(40(33)35(32)42)36(43)46-48-38-37)24-45-31-16-12-14-28-27(13-11-15-29(28)31)23-41(6,7)20-17-39-18-21-44-22-19-39/h11-16,25-26,32-33,38,48H,8-10,17-24,37H2,1-7H3/q+1/t25-,26+,32+,33+/m0/s1. The molecule has 0 saturated carbocycles. The Labute approximate surface area is 296 Å². The Morgan fingerprint density at radius 2 is 1.78 bits per heavy atom. The van der Waals surface area contributed by atoms with Crippen LogP contribution in [0.5, 0.6) is 5.75 Å². The Bertz CT molecular complexity index is 1510. The largest absolute Gasteiger partial charge is 0.488 e. The third-order valence-corrected chi connectivity index (χ3v) is 16.4. The first kappa shape index (κ1) is 37.9. The smallest absolute Gasteiger partial charge is 0.358 e. The lowest BCUT2D eigenvalue weighted by atomic mass is 9.78. The van der Waals surface area contributed by atoms with Gasteiger partial charge in [0.15, 0.2) is 16.3 Å². The molecule has 3 heterocycles. The highest BCUT2D eigenvalue weighted by atomic mass is 31.1. The lowest BCUT2D eigenvalue weighted by Gasteiger charge is -2.49. The van der Waals surface area contributed by atoms with Crippen molar-refractivity contribution in [1.82, 2.24) is 14.8 Å². The molecule has 1 unspecified atom stereocenters. The van der Waals surface area contributed by atoms with E-state index in [2.05, 4.69) is 76.0 Å². The van der Waals surface area contributed by atoms with Crippen LogP contribution in [0.3, 0.4) is 0 Å². The number of nitrogens with one attached hydrogen (secondary N) is 1. The molecule has 0 spiro atoms. The average molecular weight is 712 g/mol. The van der Waals surface area contributed by atoms with Crippen molar-refractivity contribution in [3.8, 4) is 5.75 Å². The molecule has 2 aromatic rings. The maximum Gasteiger partial charge on any atom is 0.358 e. The second-order valence-corrected chi connectivity index (χ2v) is 20.2. The summed E-state index contributed by atoms with van der Waals surface area (Å²) in [6.07, 6.45) is -0.215. The fourth-order valence-electron chi connectivity index (χ4n) is 7.97. The first-order chi connectivity index (χ1) is 23.5. The summed E-state index contributed by atoms with van der Waals surface area (Å²) in [5.74, 6) is -0.165. The number of benzene rings is 2. The molecule has 5 rings (SSSR count). The molecule has 2 aromatic carbocycles. The molecular weight excluding hydrogens is 654 g/mol.